The van der Waals surface area contributed by atoms with Crippen molar-refractivity contribution in [1.82, 2.24) is 10.1 Å². The molecule has 7 heteroatoms. The van der Waals surface area contributed by atoms with Crippen molar-refractivity contribution in [3.05, 3.63) is 100 Å². The first-order valence-electron chi connectivity index (χ1n) is 10.9. The number of carbonyl (C=O) groups excluding carboxylic acids is 1. The maximum absolute atomic E-state index is 13.4. The van der Waals surface area contributed by atoms with Gasteiger partial charge in [0, 0.05) is 23.7 Å². The molecule has 0 N–H and O–H groups in total. The van der Waals surface area contributed by atoms with E-state index in [1.807, 2.05) is 50.2 Å². The molecule has 1 aromatic heterocycles. The molecule has 2 heterocycles. The molecule has 172 valence electrons. The van der Waals surface area contributed by atoms with Gasteiger partial charge in [0.2, 0.25) is 6.79 Å². The summed E-state index contributed by atoms with van der Waals surface area (Å²) in [5.74, 6) is 1.33. The predicted octanol–water partition coefficient (Wildman–Crippen LogP) is 5.67. The SMILES string of the molecule is Cc1ccc(-c2cc(CN(Cc3ccc4c(c3)OCO4)C(=O)c3ccc(F)cc3)no2)c(C)c1. The number of ether oxygens (including phenoxy) is 2. The number of benzene rings is 3. The van der Waals surface area contributed by atoms with Crippen LogP contribution in [0.2, 0.25) is 0 Å². The number of aromatic nitrogens is 1. The van der Waals surface area contributed by atoms with Crippen molar-refractivity contribution in [3.8, 4) is 22.8 Å². The maximum atomic E-state index is 13.4. The standard InChI is InChI=1S/C27H23FN2O4/c1-17-3-9-23(18(2)11-17)25-13-22(29-34-25)15-30(27(31)20-5-7-21(28)8-6-20)14-19-4-10-24-26(12-19)33-16-32-24/h3-13H,14-16H2,1-2H3. The van der Waals surface area contributed by atoms with E-state index in [1.165, 1.54) is 29.8 Å². The van der Waals surface area contributed by atoms with Gasteiger partial charge >= 0.3 is 0 Å². The number of rotatable bonds is 6. The topological polar surface area (TPSA) is 64.8 Å². The van der Waals surface area contributed by atoms with Gasteiger partial charge in [0.1, 0.15) is 11.5 Å². The Morgan fingerprint density at radius 2 is 1.74 bits per heavy atom. The van der Waals surface area contributed by atoms with Crippen molar-refractivity contribution < 1.29 is 23.2 Å². The molecule has 0 bridgehead atoms. The average molecular weight is 458 g/mol. The number of carbonyl (C=O) groups is 1. The zero-order valence-corrected chi connectivity index (χ0v) is 18.9. The van der Waals surface area contributed by atoms with E-state index in [4.69, 9.17) is 14.0 Å². The van der Waals surface area contributed by atoms with E-state index in [1.54, 1.807) is 4.90 Å². The maximum Gasteiger partial charge on any atom is 0.254 e. The highest BCUT2D eigenvalue weighted by Crippen LogP contribution is 2.33. The van der Waals surface area contributed by atoms with Crippen molar-refractivity contribution in [2.24, 2.45) is 0 Å². The van der Waals surface area contributed by atoms with Crippen LogP contribution in [0.15, 0.2) is 71.3 Å². The molecule has 5 rings (SSSR count). The minimum atomic E-state index is -0.395. The molecule has 0 saturated carbocycles. The predicted molar refractivity (Wildman–Crippen MR) is 124 cm³/mol. The van der Waals surface area contributed by atoms with E-state index >= 15 is 0 Å². The highest BCUT2D eigenvalue weighted by molar-refractivity contribution is 5.94. The monoisotopic (exact) mass is 458 g/mol. The molecule has 34 heavy (non-hydrogen) atoms. The van der Waals surface area contributed by atoms with Crippen LogP contribution in [0.25, 0.3) is 11.3 Å². The minimum Gasteiger partial charge on any atom is -0.454 e. The molecule has 1 aliphatic rings. The first-order valence-corrected chi connectivity index (χ1v) is 10.9. The van der Waals surface area contributed by atoms with Crippen molar-refractivity contribution in [2.45, 2.75) is 26.9 Å². The molecule has 3 aromatic carbocycles. The number of fused-ring (bicyclic) bond motifs is 1. The van der Waals surface area contributed by atoms with Crippen LogP contribution in [0.4, 0.5) is 4.39 Å². The van der Waals surface area contributed by atoms with E-state index in [2.05, 4.69) is 11.2 Å². The molecule has 0 radical (unpaired) electrons. The van der Waals surface area contributed by atoms with Gasteiger partial charge in [0.05, 0.1) is 6.54 Å². The third-order valence-corrected chi connectivity index (χ3v) is 5.75. The Bertz CT molecular complexity index is 1350. The fraction of sp³-hybridized carbons (Fsp3) is 0.185. The van der Waals surface area contributed by atoms with Gasteiger partial charge in [0.15, 0.2) is 17.3 Å². The molecular weight excluding hydrogens is 435 g/mol. The third-order valence-electron chi connectivity index (χ3n) is 5.75. The minimum absolute atomic E-state index is 0.178. The van der Waals surface area contributed by atoms with Crippen molar-refractivity contribution in [1.29, 1.82) is 0 Å². The number of hydrogen-bond acceptors (Lipinski definition) is 5. The lowest BCUT2D eigenvalue weighted by Gasteiger charge is -2.22. The van der Waals surface area contributed by atoms with Gasteiger partial charge in [-0.2, -0.15) is 0 Å². The summed E-state index contributed by atoms with van der Waals surface area (Å²) in [5.41, 5.74) is 5.09. The first kappa shape index (κ1) is 21.7. The summed E-state index contributed by atoms with van der Waals surface area (Å²) in [7, 11) is 0. The summed E-state index contributed by atoms with van der Waals surface area (Å²) < 4.78 is 29.9. The Morgan fingerprint density at radius 1 is 0.941 bits per heavy atom. The molecule has 0 aliphatic carbocycles. The summed E-state index contributed by atoms with van der Waals surface area (Å²) in [5, 5.41) is 4.21. The summed E-state index contributed by atoms with van der Waals surface area (Å²) in [4.78, 5) is 15.0. The van der Waals surface area contributed by atoms with Crippen LogP contribution < -0.4 is 9.47 Å². The molecule has 0 fully saturated rings. The van der Waals surface area contributed by atoms with Gasteiger partial charge in [0.25, 0.3) is 5.91 Å². The quantitative estimate of drug-likeness (QED) is 0.373. The Balaban J connectivity index is 1.43. The van der Waals surface area contributed by atoms with E-state index in [0.717, 1.165) is 16.7 Å². The highest BCUT2D eigenvalue weighted by atomic mass is 19.1. The van der Waals surface area contributed by atoms with E-state index in [-0.39, 0.29) is 19.2 Å². The normalized spacial score (nSPS) is 12.1. The van der Waals surface area contributed by atoms with Gasteiger partial charge in [-0.05, 0) is 61.4 Å². The van der Waals surface area contributed by atoms with Crippen LogP contribution in [0.3, 0.4) is 0 Å². The molecule has 1 aliphatic heterocycles. The lowest BCUT2D eigenvalue weighted by atomic mass is 10.0. The molecule has 4 aromatic rings. The van der Waals surface area contributed by atoms with Crippen LogP contribution in [0, 0.1) is 19.7 Å². The molecule has 0 saturated heterocycles. The number of halogens is 1. The van der Waals surface area contributed by atoms with E-state index in [9.17, 15) is 9.18 Å². The Hall–Kier alpha value is -4.13. The molecule has 1 amide bonds. The van der Waals surface area contributed by atoms with Gasteiger partial charge in [-0.15, -0.1) is 0 Å². The van der Waals surface area contributed by atoms with Crippen molar-refractivity contribution >= 4 is 5.91 Å². The Labute approximate surface area is 196 Å². The van der Waals surface area contributed by atoms with E-state index < -0.39 is 5.82 Å². The van der Waals surface area contributed by atoms with Crippen molar-refractivity contribution in [3.63, 3.8) is 0 Å². The van der Waals surface area contributed by atoms with E-state index in [0.29, 0.717) is 35.1 Å². The van der Waals surface area contributed by atoms with Crippen molar-refractivity contribution in [2.75, 3.05) is 6.79 Å². The van der Waals surface area contributed by atoms with Crippen LogP contribution in [-0.2, 0) is 13.1 Å². The second kappa shape index (κ2) is 9.02. The number of amides is 1. The number of aryl methyl sites for hydroxylation is 2. The third kappa shape index (κ3) is 4.50. The molecular formula is C27H23FN2O4. The highest BCUT2D eigenvalue weighted by Gasteiger charge is 2.21. The first-order chi connectivity index (χ1) is 16.5. The van der Waals surface area contributed by atoms with Crippen LogP contribution in [0.5, 0.6) is 11.5 Å². The van der Waals surface area contributed by atoms with Gasteiger partial charge < -0.3 is 18.9 Å². The average Bonchev–Trinajstić information content (AvgIpc) is 3.48. The summed E-state index contributed by atoms with van der Waals surface area (Å²) in [6, 6.07) is 19.1. The lowest BCUT2D eigenvalue weighted by molar-refractivity contribution is 0.0726. The smallest absolute Gasteiger partial charge is 0.254 e. The Morgan fingerprint density at radius 3 is 2.53 bits per heavy atom. The van der Waals surface area contributed by atoms with Crippen LogP contribution >= 0.6 is 0 Å². The largest absolute Gasteiger partial charge is 0.454 e. The second-order valence-electron chi connectivity index (χ2n) is 8.36. The number of nitrogens with zero attached hydrogens (tertiary/aromatic N) is 2. The molecule has 0 unspecified atom stereocenters. The Kier molecular flexibility index (Phi) is 5.76. The summed E-state index contributed by atoms with van der Waals surface area (Å²) in [6.45, 7) is 4.76. The molecule has 0 atom stereocenters. The van der Waals surface area contributed by atoms with Gasteiger partial charge in [-0.3, -0.25) is 4.79 Å². The zero-order valence-electron chi connectivity index (χ0n) is 18.9. The summed E-state index contributed by atoms with van der Waals surface area (Å²) >= 11 is 0. The fourth-order valence-electron chi connectivity index (χ4n) is 4.03. The van der Waals surface area contributed by atoms with Gasteiger partial charge in [-0.1, -0.05) is 35.0 Å². The van der Waals surface area contributed by atoms with Gasteiger partial charge in [-0.25, -0.2) is 4.39 Å². The second-order valence-corrected chi connectivity index (χ2v) is 8.36. The molecule has 6 nitrogen and oxygen atoms in total. The zero-order chi connectivity index (χ0) is 23.7. The van der Waals surface area contributed by atoms with Crippen LogP contribution in [0.1, 0.15) is 32.7 Å². The molecule has 0 spiro atoms. The summed E-state index contributed by atoms with van der Waals surface area (Å²) in [6.07, 6.45) is 0. The lowest BCUT2D eigenvalue weighted by Crippen LogP contribution is -2.30. The number of hydrogen-bond donors (Lipinski definition) is 0. The fourth-order valence-corrected chi connectivity index (χ4v) is 4.03. The van der Waals surface area contributed by atoms with Crippen LogP contribution in [-0.4, -0.2) is 22.8 Å².